The van der Waals surface area contributed by atoms with E-state index in [4.69, 9.17) is 5.11 Å². The maximum atomic E-state index is 13.6. The van der Waals surface area contributed by atoms with Crippen LogP contribution in [0.15, 0.2) is 53.0 Å². The van der Waals surface area contributed by atoms with Crippen molar-refractivity contribution in [3.05, 3.63) is 70.5 Å². The van der Waals surface area contributed by atoms with Crippen molar-refractivity contribution in [2.45, 2.75) is 49.9 Å². The zero-order chi connectivity index (χ0) is 27.3. The molecule has 0 bridgehead atoms. The molecular weight excluding hydrogens is 526 g/mol. The molecule has 0 spiro atoms. The quantitative estimate of drug-likeness (QED) is 0.389. The topological polar surface area (TPSA) is 133 Å². The van der Waals surface area contributed by atoms with Gasteiger partial charge in [0.15, 0.2) is 5.69 Å². The van der Waals surface area contributed by atoms with E-state index in [0.717, 1.165) is 35.9 Å². The molecule has 1 amide bonds. The first-order valence-electron chi connectivity index (χ1n) is 12.5. The molecule has 1 aliphatic rings. The molecule has 12 heteroatoms. The number of carbonyl (C=O) groups excluding carboxylic acids is 1. The summed E-state index contributed by atoms with van der Waals surface area (Å²) < 4.78 is 28.7. The molecule has 1 fully saturated rings. The van der Waals surface area contributed by atoms with E-state index in [2.05, 4.69) is 22.2 Å². The molecular formula is C26H31N5O5S2. The fourth-order valence-corrected chi connectivity index (χ4v) is 7.29. The van der Waals surface area contributed by atoms with Crippen LogP contribution in [0.4, 0.5) is 5.82 Å². The Kier molecular flexibility index (Phi) is 8.75. The highest BCUT2D eigenvalue weighted by atomic mass is 32.2. The van der Waals surface area contributed by atoms with Crippen molar-refractivity contribution < 1.29 is 23.1 Å². The number of aryl methyl sites for hydroxylation is 2. The Hall–Kier alpha value is -3.35. The summed E-state index contributed by atoms with van der Waals surface area (Å²) in [5, 5.41) is 12.0. The third-order valence-electron chi connectivity index (χ3n) is 6.39. The van der Waals surface area contributed by atoms with E-state index in [0.29, 0.717) is 5.82 Å². The van der Waals surface area contributed by atoms with E-state index in [9.17, 15) is 18.0 Å². The number of hydrogen-bond donors (Lipinski definition) is 2. The van der Waals surface area contributed by atoms with Gasteiger partial charge in [0.2, 0.25) is 5.91 Å². The third kappa shape index (κ3) is 6.20. The minimum Gasteiger partial charge on any atom is -0.476 e. The highest BCUT2D eigenvalue weighted by Gasteiger charge is 2.41. The number of aromatic nitrogens is 2. The van der Waals surface area contributed by atoms with Gasteiger partial charge in [-0.25, -0.2) is 23.2 Å². The number of amides is 1. The van der Waals surface area contributed by atoms with Crippen molar-refractivity contribution in [1.29, 1.82) is 0 Å². The van der Waals surface area contributed by atoms with Gasteiger partial charge < -0.3 is 15.3 Å². The number of carboxylic acids is 1. The van der Waals surface area contributed by atoms with Crippen LogP contribution < -0.4 is 10.2 Å². The SMILES string of the molecule is CCCc1ccc(CNC(=O)[C@H]2CN(c3cnc(C(=O)O)cn3)CCN2S(=O)(=O)c2ccc(CC)s2)cc1. The molecule has 0 radical (unpaired) electrons. The summed E-state index contributed by atoms with van der Waals surface area (Å²) in [6.45, 7) is 4.73. The largest absolute Gasteiger partial charge is 0.476 e. The van der Waals surface area contributed by atoms with Gasteiger partial charge in [-0.1, -0.05) is 44.5 Å². The summed E-state index contributed by atoms with van der Waals surface area (Å²) in [7, 11) is -3.91. The van der Waals surface area contributed by atoms with E-state index < -0.39 is 27.9 Å². The van der Waals surface area contributed by atoms with Crippen LogP contribution >= 0.6 is 11.3 Å². The van der Waals surface area contributed by atoms with Gasteiger partial charge in [-0.15, -0.1) is 11.3 Å². The summed E-state index contributed by atoms with van der Waals surface area (Å²) in [4.78, 5) is 35.4. The van der Waals surface area contributed by atoms with Gasteiger partial charge in [0.05, 0.1) is 12.4 Å². The van der Waals surface area contributed by atoms with E-state index in [1.807, 2.05) is 31.2 Å². The van der Waals surface area contributed by atoms with E-state index in [-0.39, 0.29) is 36.1 Å². The first kappa shape index (κ1) is 27.7. The lowest BCUT2D eigenvalue weighted by atomic mass is 10.1. The molecule has 1 saturated heterocycles. The van der Waals surface area contributed by atoms with Crippen molar-refractivity contribution in [1.82, 2.24) is 19.6 Å². The van der Waals surface area contributed by atoms with Crippen LogP contribution in [0.5, 0.6) is 0 Å². The smallest absolute Gasteiger partial charge is 0.356 e. The molecule has 1 aliphatic heterocycles. The number of carboxylic acid groups (broad SMARTS) is 1. The number of nitrogens with zero attached hydrogens (tertiary/aromatic N) is 4. The summed E-state index contributed by atoms with van der Waals surface area (Å²) in [5.74, 6) is -1.23. The summed E-state index contributed by atoms with van der Waals surface area (Å²) >= 11 is 1.21. The maximum absolute atomic E-state index is 13.6. The van der Waals surface area contributed by atoms with Crippen LogP contribution in [0.1, 0.15) is 46.8 Å². The number of piperazine rings is 1. The molecule has 1 atom stereocenters. The minimum atomic E-state index is -3.91. The van der Waals surface area contributed by atoms with E-state index >= 15 is 0 Å². The Balaban J connectivity index is 1.56. The molecule has 3 heterocycles. The molecule has 202 valence electrons. The Bertz CT molecular complexity index is 1370. The Morgan fingerprint density at radius 3 is 2.39 bits per heavy atom. The van der Waals surface area contributed by atoms with Crippen LogP contribution in [-0.2, 0) is 34.2 Å². The van der Waals surface area contributed by atoms with Crippen LogP contribution in [0.25, 0.3) is 0 Å². The predicted molar refractivity (Wildman–Crippen MR) is 145 cm³/mol. The van der Waals surface area contributed by atoms with Crippen molar-refractivity contribution in [3.8, 4) is 0 Å². The van der Waals surface area contributed by atoms with Crippen LogP contribution in [0.3, 0.4) is 0 Å². The standard InChI is InChI=1S/C26H31N5O5S2/c1-3-5-18-6-8-19(9-7-18)14-29-25(32)22-17-30(23-16-27-21(15-28-23)26(33)34)12-13-31(22)38(35,36)24-11-10-20(4-2)37-24/h6-11,15-16,22H,3-5,12-14,17H2,1-2H3,(H,29,32)(H,33,34)/t22-/m1/s1. The number of benzene rings is 1. The molecule has 4 rings (SSSR count). The van der Waals surface area contributed by atoms with E-state index in [1.165, 1.54) is 27.4 Å². The first-order chi connectivity index (χ1) is 18.2. The lowest BCUT2D eigenvalue weighted by Gasteiger charge is -2.39. The fraction of sp³-hybridized carbons (Fsp3) is 0.385. The average molecular weight is 558 g/mol. The van der Waals surface area contributed by atoms with Crippen LogP contribution in [0, 0.1) is 0 Å². The number of hydrogen-bond acceptors (Lipinski definition) is 8. The molecule has 1 aromatic carbocycles. The van der Waals surface area contributed by atoms with Crippen molar-refractivity contribution in [3.63, 3.8) is 0 Å². The van der Waals surface area contributed by atoms with Crippen LogP contribution in [0.2, 0.25) is 0 Å². The number of thiophene rings is 1. The van der Waals surface area contributed by atoms with E-state index in [1.54, 1.807) is 17.0 Å². The molecule has 10 nitrogen and oxygen atoms in total. The second kappa shape index (κ2) is 12.0. The lowest BCUT2D eigenvalue weighted by Crippen LogP contribution is -2.60. The molecule has 3 aromatic rings. The van der Waals surface area contributed by atoms with Gasteiger partial charge in [0.1, 0.15) is 16.1 Å². The van der Waals surface area contributed by atoms with Gasteiger partial charge >= 0.3 is 5.97 Å². The molecule has 2 aromatic heterocycles. The van der Waals surface area contributed by atoms with Gasteiger partial charge in [0, 0.05) is 31.1 Å². The third-order valence-corrected chi connectivity index (χ3v) is 10.00. The predicted octanol–water partition coefficient (Wildman–Crippen LogP) is 2.95. The average Bonchev–Trinajstić information content (AvgIpc) is 3.43. The zero-order valence-corrected chi connectivity index (χ0v) is 23.0. The Labute approximate surface area is 226 Å². The molecule has 2 N–H and O–H groups in total. The van der Waals surface area contributed by atoms with Crippen molar-refractivity contribution in [2.75, 3.05) is 24.5 Å². The fourth-order valence-electron chi connectivity index (χ4n) is 4.29. The second-order valence-electron chi connectivity index (χ2n) is 9.00. The number of sulfonamides is 1. The van der Waals surface area contributed by atoms with Crippen molar-refractivity contribution >= 4 is 39.1 Å². The Morgan fingerprint density at radius 1 is 1.05 bits per heavy atom. The minimum absolute atomic E-state index is 0.0492. The number of nitrogens with one attached hydrogen (secondary N) is 1. The summed E-state index contributed by atoms with van der Waals surface area (Å²) in [5.41, 5.74) is 1.94. The monoisotopic (exact) mass is 557 g/mol. The van der Waals surface area contributed by atoms with Crippen LogP contribution in [-0.4, -0.2) is 65.4 Å². The molecule has 38 heavy (non-hydrogen) atoms. The summed E-state index contributed by atoms with van der Waals surface area (Å²) in [6.07, 6.45) is 5.23. The number of rotatable bonds is 10. The van der Waals surface area contributed by atoms with Gasteiger partial charge in [0.25, 0.3) is 10.0 Å². The highest BCUT2D eigenvalue weighted by Crippen LogP contribution is 2.29. The zero-order valence-electron chi connectivity index (χ0n) is 21.3. The maximum Gasteiger partial charge on any atom is 0.356 e. The van der Waals surface area contributed by atoms with Gasteiger partial charge in [-0.05, 0) is 36.1 Å². The lowest BCUT2D eigenvalue weighted by molar-refractivity contribution is -0.125. The van der Waals surface area contributed by atoms with Gasteiger partial charge in [-0.2, -0.15) is 4.31 Å². The van der Waals surface area contributed by atoms with Crippen molar-refractivity contribution in [2.24, 2.45) is 0 Å². The second-order valence-corrected chi connectivity index (χ2v) is 12.3. The highest BCUT2D eigenvalue weighted by molar-refractivity contribution is 7.91. The Morgan fingerprint density at radius 2 is 1.79 bits per heavy atom. The normalized spacial score (nSPS) is 16.4. The molecule has 0 aliphatic carbocycles. The van der Waals surface area contributed by atoms with Gasteiger partial charge in [-0.3, -0.25) is 4.79 Å². The number of anilines is 1. The summed E-state index contributed by atoms with van der Waals surface area (Å²) in [6, 6.07) is 10.4. The molecule has 0 unspecified atom stereocenters. The first-order valence-corrected chi connectivity index (χ1v) is 14.7. The number of carbonyl (C=O) groups is 2. The molecule has 0 saturated carbocycles. The number of aromatic carboxylic acids is 1.